The monoisotopic (exact) mass is 354 g/mol. The Hall–Kier alpha value is -2.56. The second-order valence-corrected chi connectivity index (χ2v) is 6.89. The highest BCUT2D eigenvalue weighted by Gasteiger charge is 2.25. The highest BCUT2D eigenvalue weighted by molar-refractivity contribution is 5.76. The first-order chi connectivity index (χ1) is 12.5. The van der Waals surface area contributed by atoms with E-state index in [1.165, 1.54) is 5.56 Å². The SMILES string of the molecule is COc1cccc(N2CCC(Oc3ccc([C@H](C)CC(C)=O)cc3)C2)n1. The van der Waals surface area contributed by atoms with Gasteiger partial charge in [-0.25, -0.2) is 0 Å². The van der Waals surface area contributed by atoms with Crippen molar-refractivity contribution >= 4 is 11.6 Å². The van der Waals surface area contributed by atoms with Crippen molar-refractivity contribution in [3.05, 3.63) is 48.0 Å². The van der Waals surface area contributed by atoms with E-state index in [4.69, 9.17) is 9.47 Å². The standard InChI is InChI=1S/C21H26N2O3/c1-15(13-16(2)24)17-7-9-18(10-8-17)26-19-11-12-23(14-19)20-5-4-6-21(22-20)25-3/h4-10,15,19H,11-14H2,1-3H3/t15-,19?/m1/s1. The highest BCUT2D eigenvalue weighted by Crippen LogP contribution is 2.26. The van der Waals surface area contributed by atoms with E-state index >= 15 is 0 Å². The number of Topliss-reactive ketones (excluding diaryl/α,β-unsaturated/α-hetero) is 1. The summed E-state index contributed by atoms with van der Waals surface area (Å²) >= 11 is 0. The molecule has 0 amide bonds. The van der Waals surface area contributed by atoms with Crippen molar-refractivity contribution in [3.63, 3.8) is 0 Å². The van der Waals surface area contributed by atoms with Crippen molar-refractivity contribution in [2.45, 2.75) is 38.7 Å². The van der Waals surface area contributed by atoms with Gasteiger partial charge in [0.1, 0.15) is 23.5 Å². The summed E-state index contributed by atoms with van der Waals surface area (Å²) in [5.74, 6) is 2.87. The molecule has 1 aliphatic heterocycles. The molecule has 0 saturated carbocycles. The van der Waals surface area contributed by atoms with Gasteiger partial charge in [-0.05, 0) is 36.6 Å². The van der Waals surface area contributed by atoms with E-state index < -0.39 is 0 Å². The van der Waals surface area contributed by atoms with Crippen molar-refractivity contribution < 1.29 is 14.3 Å². The van der Waals surface area contributed by atoms with E-state index in [2.05, 4.69) is 28.9 Å². The van der Waals surface area contributed by atoms with E-state index in [0.29, 0.717) is 12.3 Å². The molecule has 2 aromatic rings. The summed E-state index contributed by atoms with van der Waals surface area (Å²) < 4.78 is 11.3. The molecule has 1 aromatic carbocycles. The molecule has 2 heterocycles. The Morgan fingerprint density at radius 1 is 1.27 bits per heavy atom. The van der Waals surface area contributed by atoms with Crippen LogP contribution >= 0.6 is 0 Å². The summed E-state index contributed by atoms with van der Waals surface area (Å²) in [5, 5.41) is 0. The number of ether oxygens (including phenoxy) is 2. The number of methoxy groups -OCH3 is 1. The number of rotatable bonds is 7. The summed E-state index contributed by atoms with van der Waals surface area (Å²) in [7, 11) is 1.63. The molecule has 5 heteroatoms. The molecule has 0 spiro atoms. The predicted molar refractivity (Wildman–Crippen MR) is 102 cm³/mol. The lowest BCUT2D eigenvalue weighted by Gasteiger charge is -2.19. The molecule has 3 rings (SSSR count). The van der Waals surface area contributed by atoms with Gasteiger partial charge in [-0.1, -0.05) is 25.1 Å². The maximum absolute atomic E-state index is 11.3. The third kappa shape index (κ3) is 4.54. The van der Waals surface area contributed by atoms with E-state index in [1.54, 1.807) is 14.0 Å². The molecule has 0 aliphatic carbocycles. The van der Waals surface area contributed by atoms with Gasteiger partial charge in [0, 0.05) is 25.5 Å². The van der Waals surface area contributed by atoms with Crippen molar-refractivity contribution in [1.82, 2.24) is 4.98 Å². The first-order valence-electron chi connectivity index (χ1n) is 9.07. The number of carbonyl (C=O) groups excluding carboxylic acids is 1. The van der Waals surface area contributed by atoms with Crippen LogP contribution < -0.4 is 14.4 Å². The van der Waals surface area contributed by atoms with Crippen LogP contribution in [0.3, 0.4) is 0 Å². The summed E-state index contributed by atoms with van der Waals surface area (Å²) in [6.45, 7) is 5.44. The predicted octanol–water partition coefficient (Wildman–Crippen LogP) is 3.83. The van der Waals surface area contributed by atoms with Crippen LogP contribution in [0.25, 0.3) is 0 Å². The minimum atomic E-state index is 0.142. The van der Waals surface area contributed by atoms with Crippen molar-refractivity contribution in [1.29, 1.82) is 0 Å². The van der Waals surface area contributed by atoms with E-state index in [0.717, 1.165) is 31.1 Å². The number of carbonyl (C=O) groups is 1. The average Bonchev–Trinajstić information content (AvgIpc) is 3.10. The van der Waals surface area contributed by atoms with Gasteiger partial charge in [-0.15, -0.1) is 0 Å². The Kier molecular flexibility index (Phi) is 5.76. The number of hydrogen-bond acceptors (Lipinski definition) is 5. The topological polar surface area (TPSA) is 51.7 Å². The van der Waals surface area contributed by atoms with Crippen LogP contribution in [0.4, 0.5) is 5.82 Å². The quantitative estimate of drug-likeness (QED) is 0.756. The van der Waals surface area contributed by atoms with Gasteiger partial charge in [0.15, 0.2) is 0 Å². The van der Waals surface area contributed by atoms with Crippen LogP contribution in [0.5, 0.6) is 11.6 Å². The number of nitrogens with zero attached hydrogens (tertiary/aromatic N) is 2. The Labute approximate surface area is 155 Å². The number of anilines is 1. The second-order valence-electron chi connectivity index (χ2n) is 6.89. The number of pyridine rings is 1. The van der Waals surface area contributed by atoms with Crippen LogP contribution in [0.1, 0.15) is 38.2 Å². The summed E-state index contributed by atoms with van der Waals surface area (Å²) in [5.41, 5.74) is 1.17. The Balaban J connectivity index is 1.57. The fraction of sp³-hybridized carbons (Fsp3) is 0.429. The van der Waals surface area contributed by atoms with Gasteiger partial charge < -0.3 is 19.2 Å². The van der Waals surface area contributed by atoms with Crippen molar-refractivity contribution in [2.24, 2.45) is 0 Å². The van der Waals surface area contributed by atoms with Gasteiger partial charge in [0.25, 0.3) is 0 Å². The largest absolute Gasteiger partial charge is 0.489 e. The lowest BCUT2D eigenvalue weighted by Crippen LogP contribution is -2.25. The molecule has 0 radical (unpaired) electrons. The maximum atomic E-state index is 11.3. The van der Waals surface area contributed by atoms with Crippen molar-refractivity contribution in [2.75, 3.05) is 25.1 Å². The molecular weight excluding hydrogens is 328 g/mol. The molecule has 138 valence electrons. The zero-order chi connectivity index (χ0) is 18.5. The number of ketones is 1. The second kappa shape index (κ2) is 8.21. The Morgan fingerprint density at radius 3 is 2.73 bits per heavy atom. The first kappa shape index (κ1) is 18.2. The van der Waals surface area contributed by atoms with E-state index in [1.807, 2.05) is 30.3 Å². The van der Waals surface area contributed by atoms with Crippen LogP contribution in [-0.2, 0) is 4.79 Å². The van der Waals surface area contributed by atoms with Crippen LogP contribution in [0.2, 0.25) is 0 Å². The number of hydrogen-bond donors (Lipinski definition) is 0. The van der Waals surface area contributed by atoms with Gasteiger partial charge in [0.2, 0.25) is 5.88 Å². The summed E-state index contributed by atoms with van der Waals surface area (Å²) in [4.78, 5) is 18.0. The molecule has 1 saturated heterocycles. The number of benzene rings is 1. The first-order valence-corrected chi connectivity index (χ1v) is 9.07. The highest BCUT2D eigenvalue weighted by atomic mass is 16.5. The average molecular weight is 354 g/mol. The fourth-order valence-electron chi connectivity index (χ4n) is 3.34. The van der Waals surface area contributed by atoms with Crippen LogP contribution in [-0.4, -0.2) is 37.1 Å². The lowest BCUT2D eigenvalue weighted by molar-refractivity contribution is -0.117. The lowest BCUT2D eigenvalue weighted by atomic mass is 9.96. The van der Waals surface area contributed by atoms with Crippen molar-refractivity contribution in [3.8, 4) is 11.6 Å². The molecule has 1 aromatic heterocycles. The summed E-state index contributed by atoms with van der Waals surface area (Å²) in [6, 6.07) is 13.9. The van der Waals surface area contributed by atoms with Gasteiger partial charge in [-0.2, -0.15) is 4.98 Å². The number of aromatic nitrogens is 1. The minimum Gasteiger partial charge on any atom is -0.489 e. The fourth-order valence-corrected chi connectivity index (χ4v) is 3.34. The molecule has 1 aliphatic rings. The Bertz CT molecular complexity index is 745. The summed E-state index contributed by atoms with van der Waals surface area (Å²) in [6.07, 6.45) is 1.68. The zero-order valence-corrected chi connectivity index (χ0v) is 15.6. The third-order valence-corrected chi connectivity index (χ3v) is 4.73. The van der Waals surface area contributed by atoms with Gasteiger partial charge in [0.05, 0.1) is 13.7 Å². The zero-order valence-electron chi connectivity index (χ0n) is 15.6. The Morgan fingerprint density at radius 2 is 2.04 bits per heavy atom. The van der Waals surface area contributed by atoms with Gasteiger partial charge >= 0.3 is 0 Å². The minimum absolute atomic E-state index is 0.142. The van der Waals surface area contributed by atoms with Crippen LogP contribution in [0, 0.1) is 0 Å². The normalized spacial score (nSPS) is 17.8. The smallest absolute Gasteiger partial charge is 0.214 e. The molecule has 26 heavy (non-hydrogen) atoms. The van der Waals surface area contributed by atoms with Gasteiger partial charge in [-0.3, -0.25) is 0 Å². The van der Waals surface area contributed by atoms with E-state index in [9.17, 15) is 4.79 Å². The molecule has 1 fully saturated rings. The molecular formula is C21H26N2O3. The molecule has 0 bridgehead atoms. The van der Waals surface area contributed by atoms with Crippen LogP contribution in [0.15, 0.2) is 42.5 Å². The third-order valence-electron chi connectivity index (χ3n) is 4.73. The molecule has 1 unspecified atom stereocenters. The maximum Gasteiger partial charge on any atom is 0.214 e. The van der Waals surface area contributed by atoms with E-state index in [-0.39, 0.29) is 17.8 Å². The molecule has 5 nitrogen and oxygen atoms in total. The molecule has 2 atom stereocenters. The molecule has 0 N–H and O–H groups in total.